The van der Waals surface area contributed by atoms with Gasteiger partial charge >= 0.3 is 6.09 Å². The summed E-state index contributed by atoms with van der Waals surface area (Å²) in [5.41, 5.74) is 2.93. The molecule has 0 bridgehead atoms. The molecule has 0 saturated carbocycles. The van der Waals surface area contributed by atoms with Crippen LogP contribution in [0.5, 0.6) is 11.5 Å². The Labute approximate surface area is 199 Å². The number of benzene rings is 2. The van der Waals surface area contributed by atoms with Crippen molar-refractivity contribution in [2.75, 3.05) is 21.3 Å². The van der Waals surface area contributed by atoms with Gasteiger partial charge in [-0.15, -0.1) is 0 Å². The van der Waals surface area contributed by atoms with E-state index in [1.54, 1.807) is 14.2 Å². The Morgan fingerprint density at radius 2 is 1.67 bits per heavy atom. The van der Waals surface area contributed by atoms with Crippen molar-refractivity contribution in [3.63, 3.8) is 0 Å². The van der Waals surface area contributed by atoms with E-state index in [4.69, 9.17) is 19.3 Å². The van der Waals surface area contributed by atoms with Crippen LogP contribution in [0.15, 0.2) is 42.5 Å². The molecule has 2 aromatic rings. The number of carbonyl (C=O) groups is 1. The number of methoxy groups -OCH3 is 2. The molecule has 0 spiro atoms. The summed E-state index contributed by atoms with van der Waals surface area (Å²) in [5.74, 6) is 1.55. The molecule has 0 radical (unpaired) electrons. The van der Waals surface area contributed by atoms with E-state index in [1.165, 1.54) is 11.1 Å². The van der Waals surface area contributed by atoms with Crippen molar-refractivity contribution < 1.29 is 24.1 Å². The topological polar surface area (TPSA) is 68.2 Å². The maximum absolute atomic E-state index is 13.1. The van der Waals surface area contributed by atoms with Gasteiger partial charge in [0.15, 0.2) is 11.5 Å². The molecular weight excluding hydrogens is 418 g/mol. The third-order valence-corrected chi connectivity index (χ3v) is 5.19. The van der Waals surface area contributed by atoms with Crippen LogP contribution in [-0.2, 0) is 24.1 Å². The van der Waals surface area contributed by atoms with Gasteiger partial charge in [-0.25, -0.2) is 4.79 Å². The van der Waals surface area contributed by atoms with Gasteiger partial charge in [-0.1, -0.05) is 50.2 Å². The summed E-state index contributed by atoms with van der Waals surface area (Å²) in [6, 6.07) is 14.2. The highest BCUT2D eigenvalue weighted by Crippen LogP contribution is 2.38. The molecule has 1 aliphatic carbocycles. The van der Waals surface area contributed by atoms with Gasteiger partial charge in [-0.2, -0.15) is 0 Å². The van der Waals surface area contributed by atoms with Gasteiger partial charge in [-0.3, -0.25) is 0 Å². The van der Waals surface area contributed by atoms with Gasteiger partial charge in [0, 0.05) is 25.3 Å². The minimum atomic E-state index is -0.533. The molecule has 1 atom stereocenters. The molecule has 6 heteroatoms. The van der Waals surface area contributed by atoms with Crippen LogP contribution in [-0.4, -0.2) is 49.1 Å². The normalized spacial score (nSPS) is 14.4. The van der Waals surface area contributed by atoms with Gasteiger partial charge < -0.3 is 24.2 Å². The fourth-order valence-electron chi connectivity index (χ4n) is 3.87. The zero-order valence-electron chi connectivity index (χ0n) is 21.5. The zero-order valence-corrected chi connectivity index (χ0v) is 21.5. The lowest BCUT2D eigenvalue weighted by Crippen LogP contribution is -2.45. The quantitative estimate of drug-likeness (QED) is 0.627. The summed E-state index contributed by atoms with van der Waals surface area (Å²) in [5, 5.41) is 7.00. The number of ether oxygens (including phenoxy) is 3. The van der Waals surface area contributed by atoms with Crippen molar-refractivity contribution in [2.24, 2.45) is 0 Å². The van der Waals surface area contributed by atoms with E-state index in [9.17, 15) is 4.79 Å². The molecule has 0 aromatic heterocycles. The van der Waals surface area contributed by atoms with Gasteiger partial charge in [0.25, 0.3) is 0 Å². The Bertz CT molecular complexity index is 846. The van der Waals surface area contributed by atoms with Crippen molar-refractivity contribution in [1.82, 2.24) is 4.90 Å². The number of fused-ring (bicyclic) bond motifs is 1. The van der Waals surface area contributed by atoms with E-state index in [-0.39, 0.29) is 12.1 Å². The summed E-state index contributed by atoms with van der Waals surface area (Å²) >= 11 is 0. The molecule has 1 N–H and O–H groups in total. The second-order valence-electron chi connectivity index (χ2n) is 8.43. The third-order valence-electron chi connectivity index (χ3n) is 5.19. The molecule has 0 saturated heterocycles. The van der Waals surface area contributed by atoms with E-state index >= 15 is 0 Å². The first-order chi connectivity index (χ1) is 15.8. The standard InChI is InChI=1S/C24H31NO4.C2H6.CH4O/c1-24(2,3)29-23(26)25(16-17-9-7-6-8-10-17)19-12-13-20-18(15-19)11-14-21(27-4)22(20)28-5;2*1-2/h6-11,14,19H,12-13,15-16H2,1-5H3;1-2H3;2H,1H3/t19-;;/m0../s1. The molecule has 0 fully saturated rings. The Hall–Kier alpha value is -2.73. The van der Waals surface area contributed by atoms with Crippen LogP contribution in [0, 0.1) is 0 Å². The SMILES string of the molecule is CC.CO.COc1ccc2c(c1OC)CC[C@H](N(Cc1ccccc1)C(=O)OC(C)(C)C)C2. The predicted octanol–water partition coefficient (Wildman–Crippen LogP) is 5.63. The molecule has 1 amide bonds. The lowest BCUT2D eigenvalue weighted by molar-refractivity contribution is 0.0124. The maximum Gasteiger partial charge on any atom is 0.410 e. The fourth-order valence-corrected chi connectivity index (χ4v) is 3.87. The van der Waals surface area contributed by atoms with Crippen LogP contribution >= 0.6 is 0 Å². The van der Waals surface area contributed by atoms with Gasteiger partial charge in [-0.05, 0) is 57.2 Å². The van der Waals surface area contributed by atoms with Crippen LogP contribution in [0.25, 0.3) is 0 Å². The Kier molecular flexibility index (Phi) is 11.8. The third kappa shape index (κ3) is 7.97. The van der Waals surface area contributed by atoms with Gasteiger partial charge in [0.05, 0.1) is 14.2 Å². The highest BCUT2D eigenvalue weighted by Gasteiger charge is 2.32. The number of nitrogens with zero attached hydrogens (tertiary/aromatic N) is 1. The van der Waals surface area contributed by atoms with Crippen LogP contribution in [0.1, 0.15) is 57.7 Å². The number of hydrogen-bond acceptors (Lipinski definition) is 5. The highest BCUT2D eigenvalue weighted by atomic mass is 16.6. The number of rotatable bonds is 5. The summed E-state index contributed by atoms with van der Waals surface area (Å²) in [4.78, 5) is 14.9. The van der Waals surface area contributed by atoms with Crippen molar-refractivity contribution in [1.29, 1.82) is 0 Å². The summed E-state index contributed by atoms with van der Waals surface area (Å²) in [6.07, 6.45) is 2.18. The Morgan fingerprint density at radius 3 is 2.21 bits per heavy atom. The van der Waals surface area contributed by atoms with Crippen LogP contribution in [0.3, 0.4) is 0 Å². The van der Waals surface area contributed by atoms with Crippen LogP contribution in [0.4, 0.5) is 4.79 Å². The molecule has 0 aliphatic heterocycles. The average Bonchev–Trinajstić information content (AvgIpc) is 2.83. The first kappa shape index (κ1) is 28.3. The van der Waals surface area contributed by atoms with E-state index in [2.05, 4.69) is 6.07 Å². The van der Waals surface area contributed by atoms with Crippen LogP contribution in [0.2, 0.25) is 0 Å². The lowest BCUT2D eigenvalue weighted by atomic mass is 9.86. The number of aliphatic hydroxyl groups is 1. The molecule has 0 unspecified atom stereocenters. The number of aliphatic hydroxyl groups excluding tert-OH is 1. The van der Waals surface area contributed by atoms with Crippen molar-refractivity contribution >= 4 is 6.09 Å². The van der Waals surface area contributed by atoms with E-state index < -0.39 is 5.60 Å². The minimum Gasteiger partial charge on any atom is -0.493 e. The van der Waals surface area contributed by atoms with Gasteiger partial charge in [0.2, 0.25) is 0 Å². The molecule has 0 heterocycles. The highest BCUT2D eigenvalue weighted by molar-refractivity contribution is 5.69. The first-order valence-corrected chi connectivity index (χ1v) is 11.5. The smallest absolute Gasteiger partial charge is 0.410 e. The Balaban J connectivity index is 0.00000129. The molecule has 3 rings (SSSR count). The molecular formula is C27H41NO5. The molecule has 6 nitrogen and oxygen atoms in total. The molecule has 33 heavy (non-hydrogen) atoms. The summed E-state index contributed by atoms with van der Waals surface area (Å²) < 4.78 is 16.8. The number of hydrogen-bond donors (Lipinski definition) is 1. The van der Waals surface area contributed by atoms with Gasteiger partial charge in [0.1, 0.15) is 5.60 Å². The monoisotopic (exact) mass is 459 g/mol. The molecule has 1 aliphatic rings. The van der Waals surface area contributed by atoms with Crippen LogP contribution < -0.4 is 9.47 Å². The second-order valence-corrected chi connectivity index (χ2v) is 8.43. The lowest BCUT2D eigenvalue weighted by Gasteiger charge is -2.36. The first-order valence-electron chi connectivity index (χ1n) is 11.5. The molecule has 2 aromatic carbocycles. The molecule has 184 valence electrons. The Morgan fingerprint density at radius 1 is 1.03 bits per heavy atom. The fraction of sp³-hybridized carbons (Fsp3) is 0.519. The van der Waals surface area contributed by atoms with E-state index in [0.717, 1.165) is 43.4 Å². The van der Waals surface area contributed by atoms with E-state index in [0.29, 0.717) is 6.54 Å². The number of carbonyl (C=O) groups excluding carboxylic acids is 1. The van der Waals surface area contributed by atoms with E-state index in [1.807, 2.05) is 75.9 Å². The average molecular weight is 460 g/mol. The van der Waals surface area contributed by atoms with Crippen molar-refractivity contribution in [3.8, 4) is 11.5 Å². The summed E-state index contributed by atoms with van der Waals surface area (Å²) in [7, 11) is 4.33. The minimum absolute atomic E-state index is 0.0654. The number of amides is 1. The summed E-state index contributed by atoms with van der Waals surface area (Å²) in [6.45, 7) is 10.2. The van der Waals surface area contributed by atoms with Crippen molar-refractivity contribution in [2.45, 2.75) is 72.1 Å². The second kappa shape index (κ2) is 13.7. The maximum atomic E-state index is 13.1. The van der Waals surface area contributed by atoms with Crippen molar-refractivity contribution in [3.05, 3.63) is 59.2 Å². The largest absolute Gasteiger partial charge is 0.493 e. The zero-order chi connectivity index (χ0) is 25.0. The predicted molar refractivity (Wildman–Crippen MR) is 133 cm³/mol.